The van der Waals surface area contributed by atoms with Crippen LogP contribution < -0.4 is 0 Å². The fourth-order valence-corrected chi connectivity index (χ4v) is 4.76. The van der Waals surface area contributed by atoms with Crippen molar-refractivity contribution in [3.05, 3.63) is 0 Å². The van der Waals surface area contributed by atoms with Crippen LogP contribution in [0.1, 0.15) is 46.0 Å². The van der Waals surface area contributed by atoms with Gasteiger partial charge in [0, 0.05) is 0 Å². The van der Waals surface area contributed by atoms with E-state index in [0.29, 0.717) is 12.5 Å². The molecule has 0 aromatic heterocycles. The summed E-state index contributed by atoms with van der Waals surface area (Å²) in [5.41, 5.74) is 0. The molecule has 2 heteroatoms. The molecule has 0 aromatic rings. The van der Waals surface area contributed by atoms with Gasteiger partial charge in [0.15, 0.2) is 0 Å². The van der Waals surface area contributed by atoms with Crippen LogP contribution in [0.15, 0.2) is 0 Å². The number of carbonyl (C=O) groups is 1. The molecule has 0 spiro atoms. The summed E-state index contributed by atoms with van der Waals surface area (Å²) in [4.78, 5) is 11.5. The van der Waals surface area contributed by atoms with Gasteiger partial charge in [-0.15, -0.1) is 0 Å². The quantitative estimate of drug-likeness (QED) is 0.703. The van der Waals surface area contributed by atoms with Crippen molar-refractivity contribution in [3.63, 3.8) is 0 Å². The molecule has 0 aromatic carbocycles. The second kappa shape index (κ2) is 4.29. The summed E-state index contributed by atoms with van der Waals surface area (Å²) in [6.45, 7) is 4.52. The Morgan fingerprint density at radius 2 is 1.94 bits per heavy atom. The summed E-state index contributed by atoms with van der Waals surface area (Å²) in [5.74, 6) is 4.56. The van der Waals surface area contributed by atoms with E-state index >= 15 is 0 Å². The van der Waals surface area contributed by atoms with Gasteiger partial charge in [0.1, 0.15) is 0 Å². The Balaban J connectivity index is 1.55. The molecule has 0 heterocycles. The summed E-state index contributed by atoms with van der Waals surface area (Å²) >= 11 is 0. The Morgan fingerprint density at radius 1 is 1.18 bits per heavy atom. The van der Waals surface area contributed by atoms with E-state index in [2.05, 4.69) is 0 Å². The summed E-state index contributed by atoms with van der Waals surface area (Å²) < 4.78 is 5.45. The minimum atomic E-state index is -0.0178. The maximum Gasteiger partial charge on any atom is 0.308 e. The topological polar surface area (TPSA) is 26.3 Å². The molecule has 3 aliphatic carbocycles. The lowest BCUT2D eigenvalue weighted by Crippen LogP contribution is -2.28. The first-order valence-electron chi connectivity index (χ1n) is 7.33. The second-order valence-electron chi connectivity index (χ2n) is 6.70. The molecular weight excluding hydrogens is 212 g/mol. The summed E-state index contributed by atoms with van der Waals surface area (Å²) in [6, 6.07) is 0. The van der Waals surface area contributed by atoms with Crippen molar-refractivity contribution in [2.75, 3.05) is 6.61 Å². The minimum Gasteiger partial charge on any atom is -0.465 e. The van der Waals surface area contributed by atoms with E-state index in [1.54, 1.807) is 0 Å². The number of esters is 1. The van der Waals surface area contributed by atoms with Crippen LogP contribution in [0.5, 0.6) is 0 Å². The van der Waals surface area contributed by atoms with E-state index in [0.717, 1.165) is 23.7 Å². The molecule has 5 atom stereocenters. The largest absolute Gasteiger partial charge is 0.465 e. The van der Waals surface area contributed by atoms with E-state index in [9.17, 15) is 4.79 Å². The third-order valence-corrected chi connectivity index (χ3v) is 5.48. The molecule has 0 unspecified atom stereocenters. The fraction of sp³-hybridized carbons (Fsp3) is 0.933. The number of carbonyl (C=O) groups excluding carboxylic acids is 1. The first kappa shape index (κ1) is 11.6. The Morgan fingerprint density at radius 3 is 2.71 bits per heavy atom. The maximum atomic E-state index is 11.5. The molecule has 3 fully saturated rings. The normalized spacial score (nSPS) is 43.1. The van der Waals surface area contributed by atoms with Crippen LogP contribution in [0.25, 0.3) is 0 Å². The highest BCUT2D eigenvalue weighted by Gasteiger charge is 2.53. The molecule has 0 radical (unpaired) electrons. The highest BCUT2D eigenvalue weighted by molar-refractivity contribution is 5.71. The number of hydrogen-bond acceptors (Lipinski definition) is 2. The average molecular weight is 236 g/mol. The van der Waals surface area contributed by atoms with E-state index in [-0.39, 0.29) is 11.9 Å². The molecule has 0 N–H and O–H groups in total. The molecular formula is C15H24O2. The molecule has 3 aliphatic rings. The lowest BCUT2D eigenvalue weighted by atomic mass is 9.76. The smallest absolute Gasteiger partial charge is 0.308 e. The molecule has 0 amide bonds. The summed E-state index contributed by atoms with van der Waals surface area (Å²) in [6.07, 6.45) is 7.13. The highest BCUT2D eigenvalue weighted by atomic mass is 16.5. The third-order valence-electron chi connectivity index (χ3n) is 5.48. The number of fused-ring (bicyclic) bond motifs is 5. The van der Waals surface area contributed by atoms with Crippen molar-refractivity contribution < 1.29 is 9.53 Å². The number of rotatable bonds is 3. The molecule has 0 aliphatic heterocycles. The lowest BCUT2D eigenvalue weighted by molar-refractivity contribution is -0.149. The van der Waals surface area contributed by atoms with Crippen molar-refractivity contribution in [2.45, 2.75) is 46.0 Å². The van der Waals surface area contributed by atoms with Crippen LogP contribution in [-0.2, 0) is 9.53 Å². The molecule has 3 rings (SSSR count). The van der Waals surface area contributed by atoms with Gasteiger partial charge in [-0.1, -0.05) is 20.3 Å². The van der Waals surface area contributed by atoms with Gasteiger partial charge in [-0.05, 0) is 55.3 Å². The zero-order valence-corrected chi connectivity index (χ0v) is 11.0. The monoisotopic (exact) mass is 236 g/mol. The standard InChI is InChI=1S/C15H24O2/c1-9(2)15(16)17-8-11-6-10-7-14(11)13-5-3-4-12(10)13/h9-14H,3-8H2,1-2H3/t10-,11-,12-,13+,14+/m0/s1. The Bertz CT molecular complexity index is 310. The van der Waals surface area contributed by atoms with Crippen molar-refractivity contribution >= 4 is 5.97 Å². The van der Waals surface area contributed by atoms with Gasteiger partial charge in [0.2, 0.25) is 0 Å². The predicted molar refractivity (Wildman–Crippen MR) is 66.3 cm³/mol. The van der Waals surface area contributed by atoms with Gasteiger partial charge >= 0.3 is 5.97 Å². The van der Waals surface area contributed by atoms with E-state index < -0.39 is 0 Å². The van der Waals surface area contributed by atoms with Crippen LogP contribution in [0.4, 0.5) is 0 Å². The first-order chi connectivity index (χ1) is 8.16. The first-order valence-corrected chi connectivity index (χ1v) is 7.33. The van der Waals surface area contributed by atoms with Crippen molar-refractivity contribution in [3.8, 4) is 0 Å². The van der Waals surface area contributed by atoms with Gasteiger partial charge in [-0.25, -0.2) is 0 Å². The number of ether oxygens (including phenoxy) is 1. The van der Waals surface area contributed by atoms with Gasteiger partial charge in [-0.3, -0.25) is 4.79 Å². The van der Waals surface area contributed by atoms with Gasteiger partial charge in [0.25, 0.3) is 0 Å². The van der Waals surface area contributed by atoms with Crippen molar-refractivity contribution in [1.29, 1.82) is 0 Å². The molecule has 2 nitrogen and oxygen atoms in total. The van der Waals surface area contributed by atoms with Crippen LogP contribution in [0.2, 0.25) is 0 Å². The van der Waals surface area contributed by atoms with Crippen molar-refractivity contribution in [1.82, 2.24) is 0 Å². The zero-order chi connectivity index (χ0) is 12.0. The Hall–Kier alpha value is -0.530. The summed E-state index contributed by atoms with van der Waals surface area (Å²) in [7, 11) is 0. The second-order valence-corrected chi connectivity index (χ2v) is 6.70. The van der Waals surface area contributed by atoms with Crippen molar-refractivity contribution in [2.24, 2.45) is 35.5 Å². The average Bonchev–Trinajstić information content (AvgIpc) is 2.96. The maximum absolute atomic E-state index is 11.5. The third kappa shape index (κ3) is 1.90. The van der Waals surface area contributed by atoms with Crippen LogP contribution in [0.3, 0.4) is 0 Å². The Kier molecular flexibility index (Phi) is 2.92. The summed E-state index contributed by atoms with van der Waals surface area (Å²) in [5, 5.41) is 0. The molecule has 0 saturated heterocycles. The van der Waals surface area contributed by atoms with Crippen LogP contribution >= 0.6 is 0 Å². The Labute approximate surface area is 104 Å². The van der Waals surface area contributed by atoms with Crippen LogP contribution in [-0.4, -0.2) is 12.6 Å². The molecule has 3 saturated carbocycles. The molecule has 2 bridgehead atoms. The zero-order valence-electron chi connectivity index (χ0n) is 11.0. The SMILES string of the molecule is CC(C)C(=O)OC[C@@H]1C[C@H]2C[C@H]1[C@@H]1CCC[C@@H]21. The highest BCUT2D eigenvalue weighted by Crippen LogP contribution is 2.60. The minimum absolute atomic E-state index is 0.0178. The number of hydrogen-bond donors (Lipinski definition) is 0. The molecule has 96 valence electrons. The van der Waals surface area contributed by atoms with E-state index in [4.69, 9.17) is 4.74 Å². The van der Waals surface area contributed by atoms with Gasteiger partial charge in [-0.2, -0.15) is 0 Å². The molecule has 17 heavy (non-hydrogen) atoms. The van der Waals surface area contributed by atoms with Crippen LogP contribution in [0, 0.1) is 35.5 Å². The lowest BCUT2D eigenvalue weighted by Gasteiger charge is -2.31. The van der Waals surface area contributed by atoms with Gasteiger partial charge < -0.3 is 4.74 Å². The van der Waals surface area contributed by atoms with E-state index in [1.165, 1.54) is 32.1 Å². The fourth-order valence-electron chi connectivity index (χ4n) is 4.76. The van der Waals surface area contributed by atoms with E-state index in [1.807, 2.05) is 13.8 Å². The predicted octanol–water partition coefficient (Wildman–Crippen LogP) is 3.26. The van der Waals surface area contributed by atoms with Gasteiger partial charge in [0.05, 0.1) is 12.5 Å².